The molecule has 1 N–H and O–H groups in total. The number of benzene rings is 1. The van der Waals surface area contributed by atoms with Crippen LogP contribution in [-0.2, 0) is 6.42 Å². The van der Waals surface area contributed by atoms with E-state index in [4.69, 9.17) is 0 Å². The zero-order valence-electron chi connectivity index (χ0n) is 13.4. The molecular formula is C18H30N2. The van der Waals surface area contributed by atoms with Crippen LogP contribution in [0.15, 0.2) is 24.3 Å². The lowest BCUT2D eigenvalue weighted by Crippen LogP contribution is -2.42. The molecule has 1 aliphatic rings. The van der Waals surface area contributed by atoms with E-state index in [9.17, 15) is 0 Å². The van der Waals surface area contributed by atoms with E-state index in [0.29, 0.717) is 12.1 Å². The van der Waals surface area contributed by atoms with Crippen LogP contribution >= 0.6 is 0 Å². The molecule has 0 aromatic heterocycles. The molecule has 1 aromatic rings. The quantitative estimate of drug-likeness (QED) is 0.761. The third-order valence-electron chi connectivity index (χ3n) is 4.41. The number of rotatable bonds is 7. The molecule has 0 saturated carbocycles. The Labute approximate surface area is 124 Å². The van der Waals surface area contributed by atoms with Gasteiger partial charge in [-0.25, -0.2) is 0 Å². The van der Waals surface area contributed by atoms with Crippen molar-refractivity contribution in [2.45, 2.75) is 58.5 Å². The molecule has 1 heterocycles. The van der Waals surface area contributed by atoms with Gasteiger partial charge in [0.25, 0.3) is 0 Å². The van der Waals surface area contributed by atoms with E-state index in [2.05, 4.69) is 55.3 Å². The summed E-state index contributed by atoms with van der Waals surface area (Å²) in [4.78, 5) is 2.63. The predicted octanol–water partition coefficient (Wildman–Crippen LogP) is 3.77. The first-order chi connectivity index (χ1) is 9.72. The average molecular weight is 274 g/mol. The molecule has 2 rings (SSSR count). The standard InChI is InChI=1S/C18H30N2/c1-4-5-8-13-20(15(2)3)14-18-17-10-7-6-9-16(17)11-12-19-18/h6-7,9-10,15,18-19H,4-5,8,11-14H2,1-3H3. The van der Waals surface area contributed by atoms with Crippen LogP contribution < -0.4 is 5.32 Å². The molecule has 1 aliphatic heterocycles. The van der Waals surface area contributed by atoms with Gasteiger partial charge in [0.05, 0.1) is 0 Å². The van der Waals surface area contributed by atoms with Crippen LogP contribution in [0.4, 0.5) is 0 Å². The fraction of sp³-hybridized carbons (Fsp3) is 0.667. The Balaban J connectivity index is 2.00. The number of fused-ring (bicyclic) bond motifs is 1. The second kappa shape index (κ2) is 7.80. The molecule has 0 radical (unpaired) electrons. The minimum absolute atomic E-state index is 0.504. The van der Waals surface area contributed by atoms with E-state index in [1.807, 2.05) is 0 Å². The molecule has 0 spiro atoms. The monoisotopic (exact) mass is 274 g/mol. The molecule has 2 heteroatoms. The summed E-state index contributed by atoms with van der Waals surface area (Å²) in [6, 6.07) is 10.1. The van der Waals surface area contributed by atoms with Gasteiger partial charge in [-0.3, -0.25) is 4.90 Å². The summed E-state index contributed by atoms with van der Waals surface area (Å²) in [6.07, 6.45) is 5.14. The molecule has 1 unspecified atom stereocenters. The Morgan fingerprint density at radius 3 is 2.80 bits per heavy atom. The summed E-state index contributed by atoms with van der Waals surface area (Å²) < 4.78 is 0. The van der Waals surface area contributed by atoms with Crippen molar-refractivity contribution in [3.8, 4) is 0 Å². The predicted molar refractivity (Wildman–Crippen MR) is 87.1 cm³/mol. The highest BCUT2D eigenvalue weighted by Gasteiger charge is 2.22. The Morgan fingerprint density at radius 2 is 2.05 bits per heavy atom. The minimum Gasteiger partial charge on any atom is -0.309 e. The summed E-state index contributed by atoms with van der Waals surface area (Å²) in [7, 11) is 0. The normalized spacial score (nSPS) is 18.6. The summed E-state index contributed by atoms with van der Waals surface area (Å²) in [6.45, 7) is 10.4. The van der Waals surface area contributed by atoms with Crippen molar-refractivity contribution in [2.24, 2.45) is 0 Å². The second-order valence-electron chi connectivity index (χ2n) is 6.25. The largest absolute Gasteiger partial charge is 0.309 e. The van der Waals surface area contributed by atoms with Gasteiger partial charge in [0, 0.05) is 18.6 Å². The molecule has 1 aromatic carbocycles. The highest BCUT2D eigenvalue weighted by atomic mass is 15.2. The molecular weight excluding hydrogens is 244 g/mol. The van der Waals surface area contributed by atoms with Crippen molar-refractivity contribution in [2.75, 3.05) is 19.6 Å². The lowest BCUT2D eigenvalue weighted by molar-refractivity contribution is 0.191. The fourth-order valence-corrected chi connectivity index (χ4v) is 3.12. The lowest BCUT2D eigenvalue weighted by Gasteiger charge is -2.34. The molecule has 0 aliphatic carbocycles. The number of unbranched alkanes of at least 4 members (excludes halogenated alkanes) is 2. The summed E-state index contributed by atoms with van der Waals surface area (Å²) in [5.74, 6) is 0. The van der Waals surface area contributed by atoms with Crippen LogP contribution in [0.1, 0.15) is 57.2 Å². The zero-order valence-corrected chi connectivity index (χ0v) is 13.4. The molecule has 0 fully saturated rings. The van der Waals surface area contributed by atoms with E-state index in [1.165, 1.54) is 43.4 Å². The first kappa shape index (κ1) is 15.5. The van der Waals surface area contributed by atoms with Gasteiger partial charge in [0.15, 0.2) is 0 Å². The van der Waals surface area contributed by atoms with Crippen molar-refractivity contribution in [3.05, 3.63) is 35.4 Å². The van der Waals surface area contributed by atoms with Crippen LogP contribution in [0.5, 0.6) is 0 Å². The SMILES string of the molecule is CCCCCN(CC1NCCc2ccccc21)C(C)C. The number of hydrogen-bond donors (Lipinski definition) is 1. The van der Waals surface area contributed by atoms with Crippen molar-refractivity contribution in [1.82, 2.24) is 10.2 Å². The first-order valence-corrected chi connectivity index (χ1v) is 8.27. The van der Waals surface area contributed by atoms with Crippen LogP contribution in [0.3, 0.4) is 0 Å². The minimum atomic E-state index is 0.504. The summed E-state index contributed by atoms with van der Waals surface area (Å²) in [5.41, 5.74) is 3.05. The van der Waals surface area contributed by atoms with Gasteiger partial charge in [-0.2, -0.15) is 0 Å². The van der Waals surface area contributed by atoms with Gasteiger partial charge in [-0.05, 0) is 50.9 Å². The fourth-order valence-electron chi connectivity index (χ4n) is 3.12. The molecule has 112 valence electrons. The Morgan fingerprint density at radius 1 is 1.25 bits per heavy atom. The maximum absolute atomic E-state index is 3.71. The highest BCUT2D eigenvalue weighted by Crippen LogP contribution is 2.24. The Kier molecular flexibility index (Phi) is 6.06. The summed E-state index contributed by atoms with van der Waals surface area (Å²) in [5, 5.41) is 3.71. The third kappa shape index (κ3) is 4.07. The van der Waals surface area contributed by atoms with Crippen LogP contribution in [0.2, 0.25) is 0 Å². The van der Waals surface area contributed by atoms with Gasteiger partial charge in [-0.15, -0.1) is 0 Å². The third-order valence-corrected chi connectivity index (χ3v) is 4.41. The average Bonchev–Trinajstić information content (AvgIpc) is 2.46. The molecule has 0 amide bonds. The van der Waals surface area contributed by atoms with Crippen molar-refractivity contribution < 1.29 is 0 Å². The number of nitrogens with zero attached hydrogens (tertiary/aromatic N) is 1. The van der Waals surface area contributed by atoms with Crippen molar-refractivity contribution in [3.63, 3.8) is 0 Å². The second-order valence-corrected chi connectivity index (χ2v) is 6.25. The Bertz CT molecular complexity index is 400. The van der Waals surface area contributed by atoms with E-state index >= 15 is 0 Å². The van der Waals surface area contributed by atoms with Crippen LogP contribution in [-0.4, -0.2) is 30.6 Å². The molecule has 20 heavy (non-hydrogen) atoms. The maximum Gasteiger partial charge on any atom is 0.0452 e. The summed E-state index contributed by atoms with van der Waals surface area (Å²) >= 11 is 0. The lowest BCUT2D eigenvalue weighted by atomic mass is 9.94. The molecule has 0 bridgehead atoms. The van der Waals surface area contributed by atoms with Gasteiger partial charge < -0.3 is 5.32 Å². The zero-order chi connectivity index (χ0) is 14.4. The van der Waals surface area contributed by atoms with Gasteiger partial charge >= 0.3 is 0 Å². The molecule has 0 saturated heterocycles. The smallest absolute Gasteiger partial charge is 0.0452 e. The molecule has 2 nitrogen and oxygen atoms in total. The molecule has 1 atom stereocenters. The van der Waals surface area contributed by atoms with Crippen LogP contribution in [0.25, 0.3) is 0 Å². The maximum atomic E-state index is 3.71. The van der Waals surface area contributed by atoms with Crippen molar-refractivity contribution in [1.29, 1.82) is 0 Å². The topological polar surface area (TPSA) is 15.3 Å². The van der Waals surface area contributed by atoms with E-state index < -0.39 is 0 Å². The van der Waals surface area contributed by atoms with Crippen LogP contribution in [0, 0.1) is 0 Å². The Hall–Kier alpha value is -0.860. The van der Waals surface area contributed by atoms with E-state index in [1.54, 1.807) is 0 Å². The van der Waals surface area contributed by atoms with E-state index in [0.717, 1.165) is 13.1 Å². The number of nitrogens with one attached hydrogen (secondary N) is 1. The van der Waals surface area contributed by atoms with E-state index in [-0.39, 0.29) is 0 Å². The van der Waals surface area contributed by atoms with Crippen molar-refractivity contribution >= 4 is 0 Å². The van der Waals surface area contributed by atoms with Gasteiger partial charge in [0.2, 0.25) is 0 Å². The number of hydrogen-bond acceptors (Lipinski definition) is 2. The van der Waals surface area contributed by atoms with Gasteiger partial charge in [-0.1, -0.05) is 44.0 Å². The van der Waals surface area contributed by atoms with Gasteiger partial charge in [0.1, 0.15) is 0 Å². The highest BCUT2D eigenvalue weighted by molar-refractivity contribution is 5.32. The first-order valence-electron chi connectivity index (χ1n) is 8.27.